The lowest BCUT2D eigenvalue weighted by Crippen LogP contribution is -1.90. The summed E-state index contributed by atoms with van der Waals surface area (Å²) in [4.78, 5) is 11.8. The van der Waals surface area contributed by atoms with Gasteiger partial charge in [-0.1, -0.05) is 13.0 Å². The summed E-state index contributed by atoms with van der Waals surface area (Å²) in [6.45, 7) is 1.88. The Morgan fingerprint density at radius 2 is 2.08 bits per heavy atom. The van der Waals surface area contributed by atoms with Gasteiger partial charge in [-0.15, -0.1) is 11.3 Å². The third-order valence-corrected chi connectivity index (χ3v) is 2.03. The molecule has 6 heteroatoms. The van der Waals surface area contributed by atoms with Gasteiger partial charge in [0, 0.05) is 6.42 Å². The van der Waals surface area contributed by atoms with Crippen LogP contribution in [0.4, 0.5) is 0 Å². The molecule has 0 saturated carbocycles. The van der Waals surface area contributed by atoms with Crippen LogP contribution in [0.25, 0.3) is 0 Å². The molecular formula is C7H8AlCl3OS. The second-order valence-electron chi connectivity index (χ2n) is 2.00. The van der Waals surface area contributed by atoms with Crippen molar-refractivity contribution in [2.24, 2.45) is 0 Å². The van der Waals surface area contributed by atoms with Gasteiger partial charge in [0.1, 0.15) is 0 Å². The maximum absolute atomic E-state index is 10.9. The Kier molecular flexibility index (Phi) is 8.59. The average Bonchev–Trinajstić information content (AvgIpc) is 2.54. The van der Waals surface area contributed by atoms with E-state index in [1.54, 1.807) is 0 Å². The SMILES string of the molecule is CCC(=O)c1cccs1.[Cl][Al]([Cl])[Cl]. The maximum Gasteiger partial charge on any atom is 0.643 e. The molecule has 0 aliphatic heterocycles. The number of Topliss-reactive ketones (excluding diaryl/α,β-unsaturated/α-hetero) is 1. The number of carbonyl (C=O) groups excluding carboxylic acids is 1. The van der Waals surface area contributed by atoms with Gasteiger partial charge in [-0.2, -0.15) is 0 Å². The van der Waals surface area contributed by atoms with Crippen LogP contribution in [0.3, 0.4) is 0 Å². The standard InChI is InChI=1S/C7H8OS.Al.3ClH/c1-2-6(8)7-4-3-5-9-7;;;;/h3-5H,2H2,1H3;;3*1H/q;+3;;;/p-3. The van der Waals surface area contributed by atoms with Crippen molar-refractivity contribution in [3.05, 3.63) is 22.4 Å². The predicted molar refractivity (Wildman–Crippen MR) is 62.3 cm³/mol. The first-order chi connectivity index (χ1) is 6.07. The summed E-state index contributed by atoms with van der Waals surface area (Å²) in [5.74, 6) is 0.241. The average molecular weight is 274 g/mol. The van der Waals surface area contributed by atoms with Crippen molar-refractivity contribution in [3.8, 4) is 0 Å². The van der Waals surface area contributed by atoms with E-state index < -0.39 is 11.4 Å². The number of carbonyl (C=O) groups is 1. The van der Waals surface area contributed by atoms with Crippen molar-refractivity contribution in [2.75, 3.05) is 0 Å². The lowest BCUT2D eigenvalue weighted by Gasteiger charge is -1.86. The Morgan fingerprint density at radius 1 is 1.54 bits per heavy atom. The van der Waals surface area contributed by atoms with Crippen LogP contribution >= 0.6 is 41.5 Å². The molecule has 0 atom stereocenters. The maximum atomic E-state index is 10.9. The molecule has 13 heavy (non-hydrogen) atoms. The zero-order chi connectivity index (χ0) is 10.3. The summed E-state index contributed by atoms with van der Waals surface area (Å²) >= 11 is -0.216. The van der Waals surface area contributed by atoms with Gasteiger partial charge in [-0.25, -0.2) is 30.1 Å². The summed E-state index contributed by atoms with van der Waals surface area (Å²) < 4.78 is 0. The van der Waals surface area contributed by atoms with Crippen molar-refractivity contribution < 1.29 is 4.79 Å². The van der Waals surface area contributed by atoms with Gasteiger partial charge in [0.15, 0.2) is 5.78 Å². The van der Waals surface area contributed by atoms with E-state index in [4.69, 9.17) is 30.1 Å². The Morgan fingerprint density at radius 3 is 2.38 bits per heavy atom. The smallest absolute Gasteiger partial charge is 0.293 e. The number of hydrogen-bond acceptors (Lipinski definition) is 2. The number of thiophene rings is 1. The predicted octanol–water partition coefficient (Wildman–Crippen LogP) is 4.03. The van der Waals surface area contributed by atoms with Gasteiger partial charge in [0.05, 0.1) is 4.88 Å². The Bertz CT molecular complexity index is 235. The molecule has 0 aliphatic carbocycles. The summed E-state index contributed by atoms with van der Waals surface area (Å²) in [6, 6.07) is 3.75. The van der Waals surface area contributed by atoms with E-state index in [1.165, 1.54) is 11.3 Å². The second kappa shape index (κ2) is 8.11. The zero-order valence-corrected chi connectivity index (χ0v) is 11.2. The molecule has 0 radical (unpaired) electrons. The minimum atomic E-state index is -1.72. The number of rotatable bonds is 2. The van der Waals surface area contributed by atoms with Crippen molar-refractivity contribution in [2.45, 2.75) is 13.3 Å². The molecule has 0 aliphatic rings. The van der Waals surface area contributed by atoms with Crippen LogP contribution in [-0.4, -0.2) is 17.2 Å². The molecule has 1 rings (SSSR count). The molecule has 0 fully saturated rings. The number of halogens is 3. The highest BCUT2D eigenvalue weighted by Crippen LogP contribution is 2.10. The first kappa shape index (κ1) is 13.8. The number of ketones is 1. The molecule has 0 amide bonds. The van der Waals surface area contributed by atoms with Crippen LogP contribution in [0.15, 0.2) is 17.5 Å². The Labute approximate surface area is 98.6 Å². The van der Waals surface area contributed by atoms with Crippen molar-refractivity contribution in [1.29, 1.82) is 0 Å². The fraction of sp³-hybridized carbons (Fsp3) is 0.286. The van der Waals surface area contributed by atoms with E-state index in [2.05, 4.69) is 0 Å². The highest BCUT2D eigenvalue weighted by atomic mass is 35.8. The quantitative estimate of drug-likeness (QED) is 0.587. The fourth-order valence-corrected chi connectivity index (χ4v) is 1.35. The third-order valence-electron chi connectivity index (χ3n) is 1.12. The molecule has 0 spiro atoms. The van der Waals surface area contributed by atoms with E-state index in [0.717, 1.165) is 4.88 Å². The number of hydrogen-bond donors (Lipinski definition) is 0. The molecular weight excluding hydrogens is 265 g/mol. The van der Waals surface area contributed by atoms with Crippen LogP contribution in [-0.2, 0) is 0 Å². The molecule has 1 nitrogen and oxygen atoms in total. The molecule has 0 unspecified atom stereocenters. The molecule has 0 bridgehead atoms. The van der Waals surface area contributed by atoms with E-state index in [0.29, 0.717) is 6.42 Å². The summed E-state index contributed by atoms with van der Waals surface area (Å²) in [5.41, 5.74) is 0. The normalized spacial score (nSPS) is 8.62. The molecule has 1 heterocycles. The zero-order valence-electron chi connectivity index (χ0n) is 6.97. The van der Waals surface area contributed by atoms with Crippen LogP contribution in [0.2, 0.25) is 0 Å². The monoisotopic (exact) mass is 272 g/mol. The molecule has 0 aromatic carbocycles. The highest BCUT2D eigenvalue weighted by molar-refractivity contribution is 7.54. The lowest BCUT2D eigenvalue weighted by atomic mass is 10.3. The topological polar surface area (TPSA) is 17.1 Å². The van der Waals surface area contributed by atoms with Gasteiger partial charge < -0.3 is 0 Å². The largest absolute Gasteiger partial charge is 0.643 e. The minimum Gasteiger partial charge on any atom is -0.293 e. The van der Waals surface area contributed by atoms with Crippen molar-refractivity contribution >= 4 is 58.7 Å². The van der Waals surface area contributed by atoms with Crippen LogP contribution < -0.4 is 0 Å². The van der Waals surface area contributed by atoms with Crippen molar-refractivity contribution in [1.82, 2.24) is 0 Å². The fourth-order valence-electron chi connectivity index (χ4n) is 0.611. The van der Waals surface area contributed by atoms with Crippen LogP contribution in [0.1, 0.15) is 23.0 Å². The lowest BCUT2D eigenvalue weighted by molar-refractivity contribution is 0.0992. The third kappa shape index (κ3) is 7.81. The van der Waals surface area contributed by atoms with Crippen LogP contribution in [0, 0.1) is 0 Å². The molecule has 1 aromatic heterocycles. The van der Waals surface area contributed by atoms with Gasteiger partial charge in [0.25, 0.3) is 0 Å². The van der Waals surface area contributed by atoms with Gasteiger partial charge in [-0.3, -0.25) is 4.79 Å². The highest BCUT2D eigenvalue weighted by Gasteiger charge is 2.01. The Hall–Kier alpha value is 0.772. The van der Waals surface area contributed by atoms with E-state index in [9.17, 15) is 4.79 Å². The first-order valence-corrected chi connectivity index (χ1v) is 9.68. The van der Waals surface area contributed by atoms with E-state index in [1.807, 2.05) is 24.4 Å². The Balaban J connectivity index is 0.000000310. The van der Waals surface area contributed by atoms with Crippen LogP contribution in [0.5, 0.6) is 0 Å². The molecule has 72 valence electrons. The molecule has 0 saturated heterocycles. The summed E-state index contributed by atoms with van der Waals surface area (Å²) in [7, 11) is 14.8. The van der Waals surface area contributed by atoms with Crippen molar-refractivity contribution in [3.63, 3.8) is 0 Å². The second-order valence-corrected chi connectivity index (χ2v) is 9.38. The minimum absolute atomic E-state index is 0.241. The van der Waals surface area contributed by atoms with Gasteiger partial charge >= 0.3 is 11.4 Å². The van der Waals surface area contributed by atoms with Gasteiger partial charge in [-0.05, 0) is 11.4 Å². The van der Waals surface area contributed by atoms with E-state index in [-0.39, 0.29) is 5.78 Å². The van der Waals surface area contributed by atoms with E-state index >= 15 is 0 Å². The molecule has 1 aromatic rings. The summed E-state index contributed by atoms with van der Waals surface area (Å²) in [6.07, 6.45) is 0.612. The first-order valence-electron chi connectivity index (χ1n) is 3.56. The summed E-state index contributed by atoms with van der Waals surface area (Å²) in [5, 5.41) is 1.92. The molecule has 0 N–H and O–H groups in total. The van der Waals surface area contributed by atoms with Gasteiger partial charge in [0.2, 0.25) is 0 Å².